The molecular weight excluding hydrogens is 364 g/mol. The highest BCUT2D eigenvalue weighted by atomic mass is 16.5. The fourth-order valence-electron chi connectivity index (χ4n) is 3.29. The van der Waals surface area contributed by atoms with Crippen molar-refractivity contribution in [1.29, 1.82) is 0 Å². The maximum Gasteiger partial charge on any atom is 0.223 e. The third kappa shape index (κ3) is 6.32. The largest absolute Gasteiger partial charge is 0.493 e. The van der Waals surface area contributed by atoms with Crippen molar-refractivity contribution in [3.63, 3.8) is 0 Å². The fourth-order valence-corrected chi connectivity index (χ4v) is 3.29. The summed E-state index contributed by atoms with van der Waals surface area (Å²) in [6, 6.07) is 17.8. The molecule has 0 aliphatic carbocycles. The Balaban J connectivity index is 1.49. The van der Waals surface area contributed by atoms with Crippen LogP contribution in [0.4, 0.5) is 0 Å². The zero-order chi connectivity index (χ0) is 20.5. The van der Waals surface area contributed by atoms with Gasteiger partial charge in [0.05, 0.1) is 24.1 Å². The van der Waals surface area contributed by atoms with Crippen LogP contribution >= 0.6 is 0 Å². The van der Waals surface area contributed by atoms with E-state index in [0.717, 1.165) is 42.1 Å². The van der Waals surface area contributed by atoms with Crippen molar-refractivity contribution in [2.45, 2.75) is 25.8 Å². The molecule has 0 radical (unpaired) electrons. The van der Waals surface area contributed by atoms with Crippen LogP contribution < -0.4 is 10.1 Å². The van der Waals surface area contributed by atoms with Crippen molar-refractivity contribution in [2.75, 3.05) is 33.8 Å². The van der Waals surface area contributed by atoms with E-state index in [9.17, 15) is 4.79 Å². The highest BCUT2D eigenvalue weighted by Gasteiger charge is 2.11. The lowest BCUT2D eigenvalue weighted by Gasteiger charge is -2.13. The number of para-hydroxylation sites is 3. The first kappa shape index (κ1) is 20.9. The van der Waals surface area contributed by atoms with E-state index in [2.05, 4.69) is 34.9 Å². The van der Waals surface area contributed by atoms with Crippen LogP contribution in [-0.4, -0.2) is 54.1 Å². The van der Waals surface area contributed by atoms with Crippen LogP contribution in [0, 0.1) is 0 Å². The minimum absolute atomic E-state index is 0.00352. The summed E-state index contributed by atoms with van der Waals surface area (Å²) in [7, 11) is 4.17. The Morgan fingerprint density at radius 3 is 2.66 bits per heavy atom. The number of hydrogen-bond acceptors (Lipinski definition) is 4. The topological polar surface area (TPSA) is 59.4 Å². The molecule has 0 aliphatic heterocycles. The molecule has 29 heavy (non-hydrogen) atoms. The van der Waals surface area contributed by atoms with Crippen molar-refractivity contribution < 1.29 is 9.53 Å². The van der Waals surface area contributed by atoms with E-state index >= 15 is 0 Å². The van der Waals surface area contributed by atoms with E-state index in [-0.39, 0.29) is 5.91 Å². The first-order chi connectivity index (χ1) is 14.1. The van der Waals surface area contributed by atoms with E-state index in [0.29, 0.717) is 26.0 Å². The normalized spacial score (nSPS) is 11.1. The molecule has 3 rings (SSSR count). The first-order valence-corrected chi connectivity index (χ1v) is 10.2. The Morgan fingerprint density at radius 2 is 1.86 bits per heavy atom. The van der Waals surface area contributed by atoms with Gasteiger partial charge in [0.2, 0.25) is 5.91 Å². The Kier molecular flexibility index (Phi) is 7.64. The van der Waals surface area contributed by atoms with Gasteiger partial charge in [-0.1, -0.05) is 30.3 Å². The van der Waals surface area contributed by atoms with Gasteiger partial charge in [-0.3, -0.25) is 4.79 Å². The molecule has 0 bridgehead atoms. The number of amides is 1. The Hall–Kier alpha value is -2.86. The van der Waals surface area contributed by atoms with Crippen LogP contribution in [0.1, 0.15) is 18.7 Å². The van der Waals surface area contributed by atoms with E-state index < -0.39 is 0 Å². The lowest BCUT2D eigenvalue weighted by molar-refractivity contribution is -0.121. The number of rotatable bonds is 11. The fraction of sp³-hybridized carbons (Fsp3) is 0.391. The molecule has 0 aliphatic rings. The number of carbonyl (C=O) groups is 1. The van der Waals surface area contributed by atoms with E-state index in [1.165, 1.54) is 0 Å². The summed E-state index contributed by atoms with van der Waals surface area (Å²) in [5, 5.41) is 2.98. The number of aryl methyl sites for hydroxylation is 1. The van der Waals surface area contributed by atoms with Gasteiger partial charge < -0.3 is 19.5 Å². The SMILES string of the molecule is CN(C)CCCn1c(CCNC(=O)CCOc2ccccc2)nc2ccccc21. The third-order valence-electron chi connectivity index (χ3n) is 4.73. The third-order valence-corrected chi connectivity index (χ3v) is 4.73. The summed E-state index contributed by atoms with van der Waals surface area (Å²) < 4.78 is 7.86. The summed E-state index contributed by atoms with van der Waals surface area (Å²) in [5.41, 5.74) is 2.17. The van der Waals surface area contributed by atoms with Gasteiger partial charge >= 0.3 is 0 Å². The quantitative estimate of drug-likeness (QED) is 0.543. The molecule has 0 spiro atoms. The standard InChI is InChI=1S/C23H30N4O2/c1-26(2)16-8-17-27-21-12-7-6-11-20(21)25-22(27)13-15-24-23(28)14-18-29-19-9-4-3-5-10-19/h3-7,9-12H,8,13-18H2,1-2H3,(H,24,28). The van der Waals surface area contributed by atoms with E-state index in [1.54, 1.807) is 0 Å². The Morgan fingerprint density at radius 1 is 1.10 bits per heavy atom. The lowest BCUT2D eigenvalue weighted by Crippen LogP contribution is -2.27. The number of fused-ring (bicyclic) bond motifs is 1. The zero-order valence-corrected chi connectivity index (χ0v) is 17.3. The number of nitrogens with zero attached hydrogens (tertiary/aromatic N) is 3. The first-order valence-electron chi connectivity index (χ1n) is 10.2. The second-order valence-electron chi connectivity index (χ2n) is 7.34. The zero-order valence-electron chi connectivity index (χ0n) is 17.3. The molecule has 6 heteroatoms. The average molecular weight is 395 g/mol. The summed E-state index contributed by atoms with van der Waals surface area (Å²) in [5.74, 6) is 1.80. The summed E-state index contributed by atoms with van der Waals surface area (Å²) in [6.45, 7) is 2.90. The molecule has 0 saturated heterocycles. The van der Waals surface area contributed by atoms with Crippen LogP contribution in [0.25, 0.3) is 11.0 Å². The molecule has 0 unspecified atom stereocenters. The minimum Gasteiger partial charge on any atom is -0.493 e. The van der Waals surface area contributed by atoms with Gasteiger partial charge in [0.1, 0.15) is 11.6 Å². The average Bonchev–Trinajstić information content (AvgIpc) is 3.06. The van der Waals surface area contributed by atoms with Crippen LogP contribution in [0.15, 0.2) is 54.6 Å². The Labute approximate surface area is 172 Å². The molecule has 1 amide bonds. The van der Waals surface area contributed by atoms with Gasteiger partial charge in [-0.2, -0.15) is 0 Å². The molecule has 2 aromatic carbocycles. The van der Waals surface area contributed by atoms with Gasteiger partial charge in [-0.25, -0.2) is 4.98 Å². The van der Waals surface area contributed by atoms with Crippen LogP contribution in [-0.2, 0) is 17.8 Å². The molecule has 0 fully saturated rings. The second kappa shape index (κ2) is 10.6. The van der Waals surface area contributed by atoms with Crippen molar-refractivity contribution in [3.05, 3.63) is 60.4 Å². The van der Waals surface area contributed by atoms with Crippen molar-refractivity contribution in [3.8, 4) is 5.75 Å². The molecule has 1 heterocycles. The number of imidazole rings is 1. The van der Waals surface area contributed by atoms with Gasteiger partial charge in [0.25, 0.3) is 0 Å². The predicted molar refractivity (Wildman–Crippen MR) is 116 cm³/mol. The van der Waals surface area contributed by atoms with Gasteiger partial charge in [-0.15, -0.1) is 0 Å². The maximum absolute atomic E-state index is 12.1. The van der Waals surface area contributed by atoms with Crippen LogP contribution in [0.3, 0.4) is 0 Å². The molecule has 0 saturated carbocycles. The molecule has 3 aromatic rings. The number of ether oxygens (including phenoxy) is 1. The van der Waals surface area contributed by atoms with Crippen molar-refractivity contribution in [2.24, 2.45) is 0 Å². The monoisotopic (exact) mass is 394 g/mol. The highest BCUT2D eigenvalue weighted by Crippen LogP contribution is 2.17. The van der Waals surface area contributed by atoms with Gasteiger partial charge in [0.15, 0.2) is 0 Å². The van der Waals surface area contributed by atoms with E-state index in [1.807, 2.05) is 48.5 Å². The number of aromatic nitrogens is 2. The Bertz CT molecular complexity index is 906. The maximum atomic E-state index is 12.1. The highest BCUT2D eigenvalue weighted by molar-refractivity contribution is 5.76. The summed E-state index contributed by atoms with van der Waals surface area (Å²) >= 11 is 0. The summed E-state index contributed by atoms with van der Waals surface area (Å²) in [6.07, 6.45) is 2.11. The molecular formula is C23H30N4O2. The summed E-state index contributed by atoms with van der Waals surface area (Å²) in [4.78, 5) is 19.1. The number of nitrogens with one attached hydrogen (secondary N) is 1. The van der Waals surface area contributed by atoms with Gasteiger partial charge in [0, 0.05) is 19.5 Å². The van der Waals surface area contributed by atoms with Crippen LogP contribution in [0.2, 0.25) is 0 Å². The number of hydrogen-bond donors (Lipinski definition) is 1. The molecule has 1 N–H and O–H groups in total. The van der Waals surface area contributed by atoms with E-state index in [4.69, 9.17) is 9.72 Å². The number of carbonyl (C=O) groups excluding carboxylic acids is 1. The minimum atomic E-state index is -0.00352. The van der Waals surface area contributed by atoms with Crippen molar-refractivity contribution >= 4 is 16.9 Å². The molecule has 154 valence electrons. The van der Waals surface area contributed by atoms with Gasteiger partial charge in [-0.05, 0) is 51.3 Å². The predicted octanol–water partition coefficient (Wildman–Crippen LogP) is 3.12. The smallest absolute Gasteiger partial charge is 0.223 e. The van der Waals surface area contributed by atoms with Crippen molar-refractivity contribution in [1.82, 2.24) is 19.8 Å². The van der Waals surface area contributed by atoms with Crippen LogP contribution in [0.5, 0.6) is 5.75 Å². The second-order valence-corrected chi connectivity index (χ2v) is 7.34. The molecule has 0 atom stereocenters. The molecule has 6 nitrogen and oxygen atoms in total. The lowest BCUT2D eigenvalue weighted by atomic mass is 10.3. The number of benzene rings is 2. The molecule has 1 aromatic heterocycles.